The highest BCUT2D eigenvalue weighted by molar-refractivity contribution is 7.22. The number of pyridine rings is 1. The van der Waals surface area contributed by atoms with Crippen LogP contribution >= 0.6 is 22.9 Å². The molecule has 0 saturated heterocycles. The SMILES string of the molecule is Nc1nc(Cl)nc2c1ncn2[C@H]1CC[C@@H](C(=O)Nc2nc3ccncc3s2)CC1. The summed E-state index contributed by atoms with van der Waals surface area (Å²) >= 11 is 7.39. The second kappa shape index (κ2) is 7.20. The maximum absolute atomic E-state index is 12.7. The van der Waals surface area contributed by atoms with Crippen LogP contribution in [-0.2, 0) is 4.79 Å². The molecule has 0 aliphatic heterocycles. The summed E-state index contributed by atoms with van der Waals surface area (Å²) in [4.78, 5) is 33.8. The molecule has 4 heterocycles. The molecule has 1 aliphatic rings. The number of carbonyl (C=O) groups is 1. The van der Waals surface area contributed by atoms with Gasteiger partial charge in [0.1, 0.15) is 5.52 Å². The molecule has 29 heavy (non-hydrogen) atoms. The third-order valence-electron chi connectivity index (χ3n) is 5.30. The number of nitrogens with one attached hydrogen (secondary N) is 1. The number of nitrogen functional groups attached to an aromatic ring is 1. The second-order valence-electron chi connectivity index (χ2n) is 7.06. The van der Waals surface area contributed by atoms with Crippen LogP contribution in [0.15, 0.2) is 24.8 Å². The number of nitrogens with zero attached hydrogens (tertiary/aromatic N) is 6. The molecule has 0 bridgehead atoms. The van der Waals surface area contributed by atoms with Crippen molar-refractivity contribution in [3.63, 3.8) is 0 Å². The Bertz CT molecular complexity index is 1180. The molecule has 1 aliphatic carbocycles. The van der Waals surface area contributed by atoms with Crippen molar-refractivity contribution < 1.29 is 4.79 Å². The zero-order chi connectivity index (χ0) is 20.0. The van der Waals surface area contributed by atoms with Crippen molar-refractivity contribution in [3.05, 3.63) is 30.1 Å². The number of fused-ring (bicyclic) bond motifs is 2. The molecule has 0 unspecified atom stereocenters. The third-order valence-corrected chi connectivity index (χ3v) is 6.39. The van der Waals surface area contributed by atoms with Crippen LogP contribution < -0.4 is 11.1 Å². The zero-order valence-electron chi connectivity index (χ0n) is 15.2. The lowest BCUT2D eigenvalue weighted by atomic mass is 9.85. The van der Waals surface area contributed by atoms with Crippen LogP contribution in [0.5, 0.6) is 0 Å². The fourth-order valence-electron chi connectivity index (χ4n) is 3.84. The van der Waals surface area contributed by atoms with Crippen LogP contribution in [-0.4, -0.2) is 35.4 Å². The van der Waals surface area contributed by atoms with E-state index in [1.165, 1.54) is 11.3 Å². The van der Waals surface area contributed by atoms with E-state index in [0.717, 1.165) is 35.9 Å². The van der Waals surface area contributed by atoms with Gasteiger partial charge in [0.15, 0.2) is 16.6 Å². The quantitative estimate of drug-likeness (QED) is 0.479. The van der Waals surface area contributed by atoms with Crippen molar-refractivity contribution in [1.29, 1.82) is 0 Å². The molecule has 4 aromatic rings. The summed E-state index contributed by atoms with van der Waals surface area (Å²) < 4.78 is 2.95. The molecule has 3 N–H and O–H groups in total. The Morgan fingerprint density at radius 2 is 2.07 bits per heavy atom. The van der Waals surface area contributed by atoms with Gasteiger partial charge in [0.25, 0.3) is 0 Å². The number of carbonyl (C=O) groups excluding carboxylic acids is 1. The molecule has 4 aromatic heterocycles. The highest BCUT2D eigenvalue weighted by atomic mass is 35.5. The van der Waals surface area contributed by atoms with Gasteiger partial charge in [0.2, 0.25) is 11.2 Å². The molecule has 9 nitrogen and oxygen atoms in total. The van der Waals surface area contributed by atoms with Gasteiger partial charge in [-0.3, -0.25) is 9.78 Å². The molecule has 1 amide bonds. The molecular weight excluding hydrogens is 412 g/mol. The van der Waals surface area contributed by atoms with E-state index in [1.807, 2.05) is 10.6 Å². The largest absolute Gasteiger partial charge is 0.382 e. The van der Waals surface area contributed by atoms with Gasteiger partial charge in [-0.2, -0.15) is 9.97 Å². The molecule has 0 spiro atoms. The molecule has 5 rings (SSSR count). The molecular formula is C18H17ClN8OS. The number of hydrogen-bond donors (Lipinski definition) is 2. The van der Waals surface area contributed by atoms with Crippen LogP contribution in [0.2, 0.25) is 5.28 Å². The van der Waals surface area contributed by atoms with Gasteiger partial charge in [0, 0.05) is 24.4 Å². The van der Waals surface area contributed by atoms with Crippen molar-refractivity contribution in [3.8, 4) is 0 Å². The minimum Gasteiger partial charge on any atom is -0.382 e. The van der Waals surface area contributed by atoms with Crippen LogP contribution in [0.3, 0.4) is 0 Å². The second-order valence-corrected chi connectivity index (χ2v) is 8.43. The zero-order valence-corrected chi connectivity index (χ0v) is 16.8. The molecule has 11 heteroatoms. The first-order valence-corrected chi connectivity index (χ1v) is 10.4. The number of amides is 1. The first-order valence-electron chi connectivity index (χ1n) is 9.25. The molecule has 0 radical (unpaired) electrons. The lowest BCUT2D eigenvalue weighted by Crippen LogP contribution is -2.28. The highest BCUT2D eigenvalue weighted by Crippen LogP contribution is 2.35. The first kappa shape index (κ1) is 18.2. The topological polar surface area (TPSA) is 124 Å². The molecule has 148 valence electrons. The number of thiazole rings is 1. The fraction of sp³-hybridized carbons (Fsp3) is 0.333. The Labute approximate surface area is 174 Å². The van der Waals surface area contributed by atoms with Gasteiger partial charge >= 0.3 is 0 Å². The molecule has 1 saturated carbocycles. The van der Waals surface area contributed by atoms with Crippen LogP contribution in [0.4, 0.5) is 10.9 Å². The lowest BCUT2D eigenvalue weighted by Gasteiger charge is -2.28. The molecule has 0 aromatic carbocycles. The maximum atomic E-state index is 12.7. The summed E-state index contributed by atoms with van der Waals surface area (Å²) in [5.41, 5.74) is 7.93. The van der Waals surface area contributed by atoms with Crippen LogP contribution in [0.1, 0.15) is 31.7 Å². The third kappa shape index (κ3) is 3.38. The smallest absolute Gasteiger partial charge is 0.229 e. The summed E-state index contributed by atoms with van der Waals surface area (Å²) in [5.74, 6) is 0.243. The van der Waals surface area contributed by atoms with Gasteiger partial charge in [-0.1, -0.05) is 11.3 Å². The lowest BCUT2D eigenvalue weighted by molar-refractivity contribution is -0.120. The summed E-state index contributed by atoms with van der Waals surface area (Å²) in [7, 11) is 0. The Morgan fingerprint density at radius 1 is 1.24 bits per heavy atom. The number of anilines is 2. The minimum absolute atomic E-state index is 0.0144. The number of rotatable bonds is 3. The van der Waals surface area contributed by atoms with Crippen molar-refractivity contribution in [2.75, 3.05) is 11.1 Å². The Morgan fingerprint density at radius 3 is 2.86 bits per heavy atom. The number of halogens is 1. The number of imidazole rings is 1. The molecule has 1 fully saturated rings. The van der Waals surface area contributed by atoms with E-state index in [0.29, 0.717) is 16.3 Å². The van der Waals surface area contributed by atoms with Gasteiger partial charge < -0.3 is 15.6 Å². The first-order chi connectivity index (χ1) is 14.1. The minimum atomic E-state index is -0.0468. The van der Waals surface area contributed by atoms with Crippen LogP contribution in [0.25, 0.3) is 21.4 Å². The van der Waals surface area contributed by atoms with Gasteiger partial charge in [-0.05, 0) is 43.4 Å². The van der Waals surface area contributed by atoms with E-state index in [4.69, 9.17) is 17.3 Å². The standard InChI is InChI=1S/C18H17ClN8OS/c19-17-24-14(20)13-15(25-17)27(8-22-13)10-3-1-9(2-4-10)16(28)26-18-23-11-5-6-21-7-12(11)29-18/h5-10H,1-4H2,(H2,20,24,25)(H,23,26,28)/t9-,10+. The Balaban J connectivity index is 1.27. The van der Waals surface area contributed by atoms with E-state index in [9.17, 15) is 4.79 Å². The average Bonchev–Trinajstić information content (AvgIpc) is 3.31. The summed E-state index contributed by atoms with van der Waals surface area (Å²) in [5, 5.41) is 3.68. The highest BCUT2D eigenvalue weighted by Gasteiger charge is 2.29. The fourth-order valence-corrected chi connectivity index (χ4v) is 4.84. The normalized spacial score (nSPS) is 19.6. The van der Waals surface area contributed by atoms with Crippen molar-refractivity contribution in [1.82, 2.24) is 29.5 Å². The summed E-state index contributed by atoms with van der Waals surface area (Å²) in [6.07, 6.45) is 8.41. The van der Waals surface area contributed by atoms with E-state index < -0.39 is 0 Å². The Kier molecular flexibility index (Phi) is 4.51. The number of hydrogen-bond acceptors (Lipinski definition) is 8. The monoisotopic (exact) mass is 428 g/mol. The van der Waals surface area contributed by atoms with Crippen molar-refractivity contribution >= 4 is 61.2 Å². The van der Waals surface area contributed by atoms with E-state index in [1.54, 1.807) is 18.7 Å². The summed E-state index contributed by atoms with van der Waals surface area (Å²) in [6, 6.07) is 2.04. The number of nitrogens with two attached hydrogens (primary N) is 1. The van der Waals surface area contributed by atoms with Gasteiger partial charge in [-0.15, -0.1) is 0 Å². The maximum Gasteiger partial charge on any atom is 0.229 e. The molecule has 0 atom stereocenters. The van der Waals surface area contributed by atoms with E-state index >= 15 is 0 Å². The van der Waals surface area contributed by atoms with Gasteiger partial charge in [0.05, 0.1) is 16.5 Å². The average molecular weight is 429 g/mol. The number of aromatic nitrogens is 6. The predicted molar refractivity (Wildman–Crippen MR) is 112 cm³/mol. The summed E-state index contributed by atoms with van der Waals surface area (Å²) in [6.45, 7) is 0. The van der Waals surface area contributed by atoms with E-state index in [2.05, 4.69) is 30.2 Å². The Hall–Kier alpha value is -2.85. The van der Waals surface area contributed by atoms with E-state index in [-0.39, 0.29) is 29.0 Å². The van der Waals surface area contributed by atoms with Crippen molar-refractivity contribution in [2.45, 2.75) is 31.7 Å². The predicted octanol–water partition coefficient (Wildman–Crippen LogP) is 3.44. The van der Waals surface area contributed by atoms with Crippen molar-refractivity contribution in [2.24, 2.45) is 5.92 Å². The van der Waals surface area contributed by atoms with Crippen LogP contribution in [0, 0.1) is 5.92 Å². The van der Waals surface area contributed by atoms with Gasteiger partial charge in [-0.25, -0.2) is 9.97 Å².